The SMILES string of the molecule is CN(Cc1noc(C2CCC2)n1)C(=O)CC1CCOC1. The van der Waals surface area contributed by atoms with Gasteiger partial charge in [-0.3, -0.25) is 4.79 Å². The lowest BCUT2D eigenvalue weighted by atomic mass is 9.85. The van der Waals surface area contributed by atoms with Crippen molar-refractivity contribution in [1.82, 2.24) is 15.0 Å². The first-order chi connectivity index (χ1) is 9.72. The Bertz CT molecular complexity index is 464. The summed E-state index contributed by atoms with van der Waals surface area (Å²) in [6.07, 6.45) is 5.04. The van der Waals surface area contributed by atoms with Crippen molar-refractivity contribution in [3.63, 3.8) is 0 Å². The molecule has 1 saturated heterocycles. The van der Waals surface area contributed by atoms with Crippen molar-refractivity contribution < 1.29 is 14.1 Å². The van der Waals surface area contributed by atoms with Crippen molar-refractivity contribution >= 4 is 5.91 Å². The summed E-state index contributed by atoms with van der Waals surface area (Å²) in [6.45, 7) is 1.90. The Balaban J connectivity index is 1.50. The third-order valence-electron chi connectivity index (χ3n) is 4.23. The van der Waals surface area contributed by atoms with E-state index >= 15 is 0 Å². The van der Waals surface area contributed by atoms with Gasteiger partial charge < -0.3 is 14.2 Å². The van der Waals surface area contributed by atoms with E-state index in [1.54, 1.807) is 11.9 Å². The van der Waals surface area contributed by atoms with Crippen LogP contribution in [0.4, 0.5) is 0 Å². The number of carbonyl (C=O) groups excluding carboxylic acids is 1. The van der Waals surface area contributed by atoms with Gasteiger partial charge >= 0.3 is 0 Å². The first-order valence-corrected chi connectivity index (χ1v) is 7.36. The van der Waals surface area contributed by atoms with Crippen molar-refractivity contribution in [1.29, 1.82) is 0 Å². The van der Waals surface area contributed by atoms with E-state index in [1.807, 2.05) is 0 Å². The predicted molar refractivity (Wildman–Crippen MR) is 70.9 cm³/mol. The number of nitrogens with zero attached hydrogens (tertiary/aromatic N) is 3. The van der Waals surface area contributed by atoms with E-state index in [0.29, 0.717) is 37.2 Å². The Hall–Kier alpha value is -1.43. The monoisotopic (exact) mass is 279 g/mol. The van der Waals surface area contributed by atoms with Crippen LogP contribution in [0.3, 0.4) is 0 Å². The average molecular weight is 279 g/mol. The molecule has 1 saturated carbocycles. The van der Waals surface area contributed by atoms with Crippen LogP contribution in [0.25, 0.3) is 0 Å². The summed E-state index contributed by atoms with van der Waals surface area (Å²) in [4.78, 5) is 18.2. The highest BCUT2D eigenvalue weighted by Crippen LogP contribution is 2.35. The molecule has 110 valence electrons. The fraction of sp³-hybridized carbons (Fsp3) is 0.786. The number of aromatic nitrogens is 2. The summed E-state index contributed by atoms with van der Waals surface area (Å²) in [6, 6.07) is 0. The number of carbonyl (C=O) groups is 1. The van der Waals surface area contributed by atoms with Gasteiger partial charge in [0.25, 0.3) is 0 Å². The van der Waals surface area contributed by atoms with Crippen LogP contribution in [0.1, 0.15) is 49.7 Å². The van der Waals surface area contributed by atoms with Gasteiger partial charge in [-0.1, -0.05) is 11.6 Å². The molecule has 1 aliphatic heterocycles. The molecule has 2 aliphatic rings. The Labute approximate surface area is 118 Å². The van der Waals surface area contributed by atoms with E-state index in [9.17, 15) is 4.79 Å². The molecular weight excluding hydrogens is 258 g/mol. The summed E-state index contributed by atoms with van der Waals surface area (Å²) in [5.41, 5.74) is 0. The Morgan fingerprint density at radius 2 is 2.25 bits per heavy atom. The highest BCUT2D eigenvalue weighted by molar-refractivity contribution is 5.76. The number of amides is 1. The van der Waals surface area contributed by atoms with E-state index in [0.717, 1.165) is 31.8 Å². The van der Waals surface area contributed by atoms with Crippen molar-refractivity contribution in [2.24, 2.45) is 5.92 Å². The highest BCUT2D eigenvalue weighted by Gasteiger charge is 2.26. The number of ether oxygens (including phenoxy) is 1. The molecule has 0 N–H and O–H groups in total. The predicted octanol–water partition coefficient (Wildman–Crippen LogP) is 1.72. The van der Waals surface area contributed by atoms with Crippen molar-refractivity contribution in [3.8, 4) is 0 Å². The maximum atomic E-state index is 12.1. The molecule has 1 atom stereocenters. The van der Waals surface area contributed by atoms with Crippen molar-refractivity contribution in [2.45, 2.75) is 44.6 Å². The lowest BCUT2D eigenvalue weighted by molar-refractivity contribution is -0.131. The first-order valence-electron chi connectivity index (χ1n) is 7.36. The zero-order chi connectivity index (χ0) is 13.9. The second kappa shape index (κ2) is 5.91. The third-order valence-corrected chi connectivity index (χ3v) is 4.23. The van der Waals surface area contributed by atoms with Crippen LogP contribution in [0.15, 0.2) is 4.52 Å². The number of hydrogen-bond donors (Lipinski definition) is 0. The Kier molecular flexibility index (Phi) is 4.00. The van der Waals surface area contributed by atoms with Crippen molar-refractivity contribution in [3.05, 3.63) is 11.7 Å². The fourth-order valence-electron chi connectivity index (χ4n) is 2.60. The van der Waals surface area contributed by atoms with E-state index < -0.39 is 0 Å². The fourth-order valence-corrected chi connectivity index (χ4v) is 2.60. The van der Waals surface area contributed by atoms with Crippen LogP contribution >= 0.6 is 0 Å². The van der Waals surface area contributed by atoms with Crippen molar-refractivity contribution in [2.75, 3.05) is 20.3 Å². The minimum absolute atomic E-state index is 0.121. The summed E-state index contributed by atoms with van der Waals surface area (Å²) in [7, 11) is 1.79. The Morgan fingerprint density at radius 3 is 2.90 bits per heavy atom. The quantitative estimate of drug-likeness (QED) is 0.821. The summed E-state index contributed by atoms with van der Waals surface area (Å²) < 4.78 is 10.6. The van der Waals surface area contributed by atoms with E-state index in [2.05, 4.69) is 10.1 Å². The van der Waals surface area contributed by atoms with Gasteiger partial charge in [0.1, 0.15) is 0 Å². The van der Waals surface area contributed by atoms with Crippen LogP contribution < -0.4 is 0 Å². The summed E-state index contributed by atoms with van der Waals surface area (Å²) >= 11 is 0. The minimum Gasteiger partial charge on any atom is -0.381 e. The second-order valence-electron chi connectivity index (χ2n) is 5.86. The normalized spacial score (nSPS) is 22.8. The largest absolute Gasteiger partial charge is 0.381 e. The molecule has 2 fully saturated rings. The van der Waals surface area contributed by atoms with Crippen LogP contribution in [-0.2, 0) is 16.1 Å². The molecule has 3 rings (SSSR count). The molecule has 6 heteroatoms. The standard InChI is InChI=1S/C14H21N3O3/c1-17(13(18)7-10-5-6-19-9-10)8-12-15-14(20-16-12)11-3-2-4-11/h10-11H,2-9H2,1H3. The molecule has 0 radical (unpaired) electrons. The number of rotatable bonds is 5. The molecule has 1 unspecified atom stereocenters. The first kappa shape index (κ1) is 13.5. The molecule has 1 aromatic rings. The molecule has 20 heavy (non-hydrogen) atoms. The summed E-state index contributed by atoms with van der Waals surface area (Å²) in [5.74, 6) is 2.26. The lowest BCUT2D eigenvalue weighted by Gasteiger charge is -2.20. The third kappa shape index (κ3) is 3.00. The van der Waals surface area contributed by atoms with Gasteiger partial charge in [0.15, 0.2) is 5.82 Å². The van der Waals surface area contributed by atoms with Crippen LogP contribution in [0, 0.1) is 5.92 Å². The molecule has 0 bridgehead atoms. The smallest absolute Gasteiger partial charge is 0.229 e. The second-order valence-corrected chi connectivity index (χ2v) is 5.86. The van der Waals surface area contributed by atoms with Gasteiger partial charge in [-0.2, -0.15) is 4.98 Å². The van der Waals surface area contributed by atoms with Crippen LogP contribution in [-0.4, -0.2) is 41.2 Å². The lowest BCUT2D eigenvalue weighted by Crippen LogP contribution is -2.28. The maximum Gasteiger partial charge on any atom is 0.229 e. The molecule has 6 nitrogen and oxygen atoms in total. The average Bonchev–Trinajstić information content (AvgIpc) is 2.99. The van der Waals surface area contributed by atoms with Gasteiger partial charge in [-0.25, -0.2) is 0 Å². The molecule has 1 amide bonds. The molecule has 2 heterocycles. The zero-order valence-electron chi connectivity index (χ0n) is 11.9. The molecule has 1 aliphatic carbocycles. The van der Waals surface area contributed by atoms with E-state index in [4.69, 9.17) is 9.26 Å². The topological polar surface area (TPSA) is 68.5 Å². The van der Waals surface area contributed by atoms with E-state index in [1.165, 1.54) is 6.42 Å². The van der Waals surface area contributed by atoms with Crippen LogP contribution in [0.2, 0.25) is 0 Å². The molecule has 0 spiro atoms. The molecule has 1 aromatic heterocycles. The minimum atomic E-state index is 0.121. The van der Waals surface area contributed by atoms with Gasteiger partial charge in [0.05, 0.1) is 6.54 Å². The Morgan fingerprint density at radius 1 is 1.40 bits per heavy atom. The number of hydrogen-bond acceptors (Lipinski definition) is 5. The maximum absolute atomic E-state index is 12.1. The summed E-state index contributed by atoms with van der Waals surface area (Å²) in [5, 5.41) is 3.97. The molecular formula is C14H21N3O3. The molecule has 0 aromatic carbocycles. The van der Waals surface area contributed by atoms with Gasteiger partial charge in [-0.05, 0) is 25.2 Å². The van der Waals surface area contributed by atoms with Gasteiger partial charge in [0.2, 0.25) is 11.8 Å². The highest BCUT2D eigenvalue weighted by atomic mass is 16.5. The van der Waals surface area contributed by atoms with Gasteiger partial charge in [-0.15, -0.1) is 0 Å². The van der Waals surface area contributed by atoms with Crippen LogP contribution in [0.5, 0.6) is 0 Å². The van der Waals surface area contributed by atoms with E-state index in [-0.39, 0.29) is 5.91 Å². The zero-order valence-corrected chi connectivity index (χ0v) is 11.9. The van der Waals surface area contributed by atoms with Gasteiger partial charge in [0, 0.05) is 32.6 Å².